The van der Waals surface area contributed by atoms with Crippen molar-refractivity contribution < 1.29 is 14.6 Å². The fraction of sp³-hybridized carbons (Fsp3) is 0.417. The van der Waals surface area contributed by atoms with Crippen molar-refractivity contribution in [3.05, 3.63) is 24.3 Å². The molecule has 1 aromatic rings. The second kappa shape index (κ2) is 6.71. The van der Waals surface area contributed by atoms with Crippen molar-refractivity contribution >= 4 is 11.7 Å². The highest BCUT2D eigenvalue weighted by molar-refractivity contribution is 5.72. The van der Waals surface area contributed by atoms with Crippen LogP contribution in [0.3, 0.4) is 0 Å². The Hall–Kier alpha value is -1.71. The van der Waals surface area contributed by atoms with Crippen molar-refractivity contribution in [1.82, 2.24) is 0 Å². The summed E-state index contributed by atoms with van der Waals surface area (Å²) in [6, 6.07) is 7.29. The molecule has 0 heterocycles. The average molecular weight is 223 g/mol. The van der Waals surface area contributed by atoms with E-state index in [1.54, 1.807) is 0 Å². The molecule has 0 aliphatic carbocycles. The Morgan fingerprint density at radius 2 is 2.06 bits per heavy atom. The summed E-state index contributed by atoms with van der Waals surface area (Å²) in [6.45, 7) is 2.76. The third-order valence-corrected chi connectivity index (χ3v) is 2.06. The normalized spacial score (nSPS) is 9.81. The number of carboxylic acids is 1. The average Bonchev–Trinajstić information content (AvgIpc) is 2.28. The van der Waals surface area contributed by atoms with Gasteiger partial charge in [0.25, 0.3) is 0 Å². The lowest BCUT2D eigenvalue weighted by atomic mass is 10.3. The van der Waals surface area contributed by atoms with Crippen molar-refractivity contribution in [1.29, 1.82) is 0 Å². The zero-order valence-corrected chi connectivity index (χ0v) is 9.40. The summed E-state index contributed by atoms with van der Waals surface area (Å²) < 4.78 is 5.48. The summed E-state index contributed by atoms with van der Waals surface area (Å²) >= 11 is 0. The number of ether oxygens (including phenoxy) is 1. The van der Waals surface area contributed by atoms with E-state index in [0.29, 0.717) is 0 Å². The first-order valence-electron chi connectivity index (χ1n) is 5.41. The second-order valence-electron chi connectivity index (χ2n) is 3.47. The molecular weight excluding hydrogens is 206 g/mol. The Labute approximate surface area is 95.2 Å². The molecule has 0 saturated heterocycles. The number of benzene rings is 1. The number of unbranched alkanes of at least 4 members (excludes halogenated alkanes) is 1. The molecule has 0 radical (unpaired) electrons. The first-order chi connectivity index (χ1) is 7.72. The van der Waals surface area contributed by atoms with E-state index in [-0.39, 0.29) is 6.54 Å². The Kier molecular flexibility index (Phi) is 5.19. The van der Waals surface area contributed by atoms with Gasteiger partial charge in [0.05, 0.1) is 6.61 Å². The molecule has 0 amide bonds. The van der Waals surface area contributed by atoms with E-state index in [2.05, 4.69) is 12.2 Å². The molecule has 2 N–H and O–H groups in total. The summed E-state index contributed by atoms with van der Waals surface area (Å²) in [5, 5.41) is 11.3. The predicted octanol–water partition coefficient (Wildman–Crippen LogP) is 2.36. The van der Waals surface area contributed by atoms with Gasteiger partial charge in [-0.2, -0.15) is 0 Å². The molecule has 4 heteroatoms. The highest BCUT2D eigenvalue weighted by Gasteiger charge is 1.97. The molecular formula is C12H17NO3. The highest BCUT2D eigenvalue weighted by Crippen LogP contribution is 2.15. The molecule has 88 valence electrons. The van der Waals surface area contributed by atoms with Crippen molar-refractivity contribution in [3.63, 3.8) is 0 Å². The monoisotopic (exact) mass is 223 g/mol. The lowest BCUT2D eigenvalue weighted by Gasteiger charge is -2.07. The third kappa shape index (κ3) is 4.68. The van der Waals surface area contributed by atoms with Crippen LogP contribution in [-0.4, -0.2) is 24.2 Å². The van der Waals surface area contributed by atoms with Gasteiger partial charge in [0.15, 0.2) is 0 Å². The van der Waals surface area contributed by atoms with Crippen LogP contribution in [0.1, 0.15) is 19.8 Å². The Bertz CT molecular complexity index is 322. The number of aliphatic carboxylic acids is 1. The largest absolute Gasteiger partial charge is 0.494 e. The molecule has 0 saturated carbocycles. The zero-order chi connectivity index (χ0) is 11.8. The number of anilines is 1. The SMILES string of the molecule is CCCCOc1ccc(NCC(=O)O)cc1. The number of rotatable bonds is 7. The summed E-state index contributed by atoms with van der Waals surface area (Å²) in [5.41, 5.74) is 0.783. The van der Waals surface area contributed by atoms with Crippen LogP contribution in [0.5, 0.6) is 5.75 Å². The fourth-order valence-electron chi connectivity index (χ4n) is 1.18. The van der Waals surface area contributed by atoms with Crippen molar-refractivity contribution in [2.45, 2.75) is 19.8 Å². The summed E-state index contributed by atoms with van der Waals surface area (Å²) in [6.07, 6.45) is 2.15. The van der Waals surface area contributed by atoms with Gasteiger partial charge >= 0.3 is 5.97 Å². The van der Waals surface area contributed by atoms with Gasteiger partial charge < -0.3 is 15.2 Å². The standard InChI is InChI=1S/C12H17NO3/c1-2-3-8-16-11-6-4-10(5-7-11)13-9-12(14)15/h4-7,13H,2-3,8-9H2,1H3,(H,14,15). The molecule has 16 heavy (non-hydrogen) atoms. The van der Waals surface area contributed by atoms with Crippen LogP contribution < -0.4 is 10.1 Å². The predicted molar refractivity (Wildman–Crippen MR) is 63.0 cm³/mol. The molecule has 0 spiro atoms. The number of carbonyl (C=O) groups is 1. The number of nitrogens with one attached hydrogen (secondary N) is 1. The van der Waals surface area contributed by atoms with Crippen molar-refractivity contribution in [3.8, 4) is 5.75 Å². The molecule has 0 atom stereocenters. The van der Waals surface area contributed by atoms with Crippen LogP contribution >= 0.6 is 0 Å². The van der Waals surface area contributed by atoms with Gasteiger partial charge in [0.2, 0.25) is 0 Å². The van der Waals surface area contributed by atoms with Crippen molar-refractivity contribution in [2.75, 3.05) is 18.5 Å². The topological polar surface area (TPSA) is 58.6 Å². The maximum atomic E-state index is 10.3. The molecule has 0 bridgehead atoms. The molecule has 0 aromatic heterocycles. The molecule has 1 aromatic carbocycles. The minimum Gasteiger partial charge on any atom is -0.494 e. The molecule has 0 fully saturated rings. The minimum atomic E-state index is -0.872. The fourth-order valence-corrected chi connectivity index (χ4v) is 1.18. The van der Waals surface area contributed by atoms with Gasteiger partial charge in [-0.1, -0.05) is 13.3 Å². The van der Waals surface area contributed by atoms with E-state index in [9.17, 15) is 4.79 Å². The number of hydrogen-bond donors (Lipinski definition) is 2. The van der Waals surface area contributed by atoms with Crippen LogP contribution in [0.4, 0.5) is 5.69 Å². The first-order valence-corrected chi connectivity index (χ1v) is 5.41. The van der Waals surface area contributed by atoms with Gasteiger partial charge in [-0.05, 0) is 30.7 Å². The quantitative estimate of drug-likeness (QED) is 0.697. The molecule has 4 nitrogen and oxygen atoms in total. The molecule has 1 rings (SSSR count). The lowest BCUT2D eigenvalue weighted by molar-refractivity contribution is -0.134. The van der Waals surface area contributed by atoms with Gasteiger partial charge in [0.1, 0.15) is 12.3 Å². The van der Waals surface area contributed by atoms with E-state index in [0.717, 1.165) is 30.9 Å². The summed E-state index contributed by atoms with van der Waals surface area (Å²) in [7, 11) is 0. The maximum absolute atomic E-state index is 10.3. The Morgan fingerprint density at radius 1 is 1.38 bits per heavy atom. The first kappa shape index (κ1) is 12.4. The van der Waals surface area contributed by atoms with E-state index in [4.69, 9.17) is 9.84 Å². The maximum Gasteiger partial charge on any atom is 0.322 e. The van der Waals surface area contributed by atoms with E-state index < -0.39 is 5.97 Å². The summed E-state index contributed by atoms with van der Waals surface area (Å²) in [4.78, 5) is 10.3. The van der Waals surface area contributed by atoms with Crippen LogP contribution in [0.2, 0.25) is 0 Å². The van der Waals surface area contributed by atoms with Crippen LogP contribution in [0, 0.1) is 0 Å². The smallest absolute Gasteiger partial charge is 0.322 e. The molecule has 0 unspecified atom stereocenters. The molecule has 0 aliphatic rings. The van der Waals surface area contributed by atoms with E-state index in [1.807, 2.05) is 24.3 Å². The van der Waals surface area contributed by atoms with E-state index in [1.165, 1.54) is 0 Å². The number of hydrogen-bond acceptors (Lipinski definition) is 3. The minimum absolute atomic E-state index is 0.0734. The highest BCUT2D eigenvalue weighted by atomic mass is 16.5. The molecule has 0 aliphatic heterocycles. The van der Waals surface area contributed by atoms with Crippen LogP contribution in [0.25, 0.3) is 0 Å². The van der Waals surface area contributed by atoms with Gasteiger partial charge in [0, 0.05) is 5.69 Å². The number of carboxylic acid groups (broad SMARTS) is 1. The second-order valence-corrected chi connectivity index (χ2v) is 3.47. The summed E-state index contributed by atoms with van der Waals surface area (Å²) in [5.74, 6) is -0.0578. The van der Waals surface area contributed by atoms with Gasteiger partial charge in [-0.15, -0.1) is 0 Å². The van der Waals surface area contributed by atoms with Crippen LogP contribution in [-0.2, 0) is 4.79 Å². The zero-order valence-electron chi connectivity index (χ0n) is 9.40. The third-order valence-electron chi connectivity index (χ3n) is 2.06. The lowest BCUT2D eigenvalue weighted by Crippen LogP contribution is -2.12. The Balaban J connectivity index is 2.38. The van der Waals surface area contributed by atoms with E-state index >= 15 is 0 Å². The Morgan fingerprint density at radius 3 is 2.62 bits per heavy atom. The van der Waals surface area contributed by atoms with Gasteiger partial charge in [-0.3, -0.25) is 4.79 Å². The van der Waals surface area contributed by atoms with Gasteiger partial charge in [-0.25, -0.2) is 0 Å². The van der Waals surface area contributed by atoms with Crippen molar-refractivity contribution in [2.24, 2.45) is 0 Å². The van der Waals surface area contributed by atoms with Crippen LogP contribution in [0.15, 0.2) is 24.3 Å².